The molecular formula is C22H29NO3. The number of hydrogen-bond donors (Lipinski definition) is 2. The standard InChI is InChI=1S/C22H29NO3/c1-3-4-16-26-20-12-10-19(11-13-20)21(24)23-17-22(2,25)15-14-18-8-6-5-7-9-18/h5-13,25H,3-4,14-17H2,1-2H3,(H,23,24). The van der Waals surface area contributed by atoms with Crippen LogP contribution in [0.15, 0.2) is 54.6 Å². The Labute approximate surface area is 156 Å². The zero-order valence-corrected chi connectivity index (χ0v) is 15.7. The number of rotatable bonds is 10. The lowest BCUT2D eigenvalue weighted by molar-refractivity contribution is 0.0478. The number of aliphatic hydroxyl groups is 1. The smallest absolute Gasteiger partial charge is 0.251 e. The molecule has 0 radical (unpaired) electrons. The first kappa shape index (κ1) is 20.0. The highest BCUT2D eigenvalue weighted by Crippen LogP contribution is 2.15. The Bertz CT molecular complexity index is 666. The third-order valence-electron chi connectivity index (χ3n) is 4.31. The summed E-state index contributed by atoms with van der Waals surface area (Å²) in [5, 5.41) is 13.3. The van der Waals surface area contributed by atoms with Crippen LogP contribution < -0.4 is 10.1 Å². The molecule has 0 aliphatic rings. The van der Waals surface area contributed by atoms with Crippen molar-refractivity contribution < 1.29 is 14.6 Å². The largest absolute Gasteiger partial charge is 0.494 e. The third-order valence-corrected chi connectivity index (χ3v) is 4.31. The molecule has 0 fully saturated rings. The van der Waals surface area contributed by atoms with Crippen LogP contribution in [0.5, 0.6) is 5.75 Å². The van der Waals surface area contributed by atoms with E-state index in [2.05, 4.69) is 12.2 Å². The minimum Gasteiger partial charge on any atom is -0.494 e. The van der Waals surface area contributed by atoms with Crippen LogP contribution in [0.2, 0.25) is 0 Å². The number of aryl methyl sites for hydroxylation is 1. The van der Waals surface area contributed by atoms with Gasteiger partial charge in [0.1, 0.15) is 5.75 Å². The molecule has 1 amide bonds. The zero-order chi connectivity index (χ0) is 18.8. The van der Waals surface area contributed by atoms with Crippen LogP contribution in [-0.2, 0) is 6.42 Å². The van der Waals surface area contributed by atoms with Crippen molar-refractivity contribution in [1.29, 1.82) is 0 Å². The summed E-state index contributed by atoms with van der Waals surface area (Å²) in [7, 11) is 0. The van der Waals surface area contributed by atoms with E-state index in [0.29, 0.717) is 18.6 Å². The Balaban J connectivity index is 1.79. The highest BCUT2D eigenvalue weighted by Gasteiger charge is 2.21. The molecule has 26 heavy (non-hydrogen) atoms. The molecule has 0 spiro atoms. The number of nitrogens with one attached hydrogen (secondary N) is 1. The molecule has 0 aliphatic heterocycles. The molecule has 0 aromatic heterocycles. The summed E-state index contributed by atoms with van der Waals surface area (Å²) in [6.45, 7) is 4.77. The summed E-state index contributed by atoms with van der Waals surface area (Å²) in [5.74, 6) is 0.579. The lowest BCUT2D eigenvalue weighted by Crippen LogP contribution is -2.41. The van der Waals surface area contributed by atoms with E-state index in [1.165, 1.54) is 5.56 Å². The van der Waals surface area contributed by atoms with E-state index in [0.717, 1.165) is 25.0 Å². The van der Waals surface area contributed by atoms with Gasteiger partial charge in [-0.2, -0.15) is 0 Å². The minimum absolute atomic E-state index is 0.190. The van der Waals surface area contributed by atoms with Crippen molar-refractivity contribution in [2.45, 2.75) is 45.1 Å². The maximum Gasteiger partial charge on any atom is 0.251 e. The lowest BCUT2D eigenvalue weighted by Gasteiger charge is -2.23. The van der Waals surface area contributed by atoms with Crippen molar-refractivity contribution in [2.75, 3.05) is 13.2 Å². The van der Waals surface area contributed by atoms with Gasteiger partial charge in [0.25, 0.3) is 5.91 Å². The molecule has 2 aromatic rings. The second kappa shape index (κ2) is 9.97. The lowest BCUT2D eigenvalue weighted by atomic mass is 9.96. The second-order valence-electron chi connectivity index (χ2n) is 6.89. The fourth-order valence-corrected chi connectivity index (χ4v) is 2.56. The number of carbonyl (C=O) groups excluding carboxylic acids is 1. The van der Waals surface area contributed by atoms with Crippen LogP contribution >= 0.6 is 0 Å². The van der Waals surface area contributed by atoms with E-state index in [-0.39, 0.29) is 12.5 Å². The molecule has 2 rings (SSSR count). The summed E-state index contributed by atoms with van der Waals surface area (Å²) in [6, 6.07) is 17.1. The summed E-state index contributed by atoms with van der Waals surface area (Å²) in [5.41, 5.74) is 0.791. The van der Waals surface area contributed by atoms with Crippen LogP contribution in [0.4, 0.5) is 0 Å². The first-order valence-corrected chi connectivity index (χ1v) is 9.27. The summed E-state index contributed by atoms with van der Waals surface area (Å²) in [4.78, 5) is 12.3. The Morgan fingerprint density at radius 2 is 1.81 bits per heavy atom. The number of benzene rings is 2. The molecule has 0 saturated heterocycles. The maximum absolute atomic E-state index is 12.3. The van der Waals surface area contributed by atoms with E-state index < -0.39 is 5.60 Å². The molecule has 1 atom stereocenters. The van der Waals surface area contributed by atoms with Gasteiger partial charge in [0.15, 0.2) is 0 Å². The first-order chi connectivity index (χ1) is 12.5. The predicted octanol–water partition coefficient (Wildman–Crippen LogP) is 3.98. The summed E-state index contributed by atoms with van der Waals surface area (Å²) >= 11 is 0. The van der Waals surface area contributed by atoms with Crippen molar-refractivity contribution in [3.05, 3.63) is 65.7 Å². The minimum atomic E-state index is -0.950. The number of unbranched alkanes of at least 4 members (excludes halogenated alkanes) is 1. The van der Waals surface area contributed by atoms with E-state index in [1.54, 1.807) is 31.2 Å². The normalized spacial score (nSPS) is 13.0. The van der Waals surface area contributed by atoms with Crippen LogP contribution in [0.3, 0.4) is 0 Å². The van der Waals surface area contributed by atoms with Gasteiger partial charge < -0.3 is 15.2 Å². The van der Waals surface area contributed by atoms with Gasteiger partial charge in [-0.1, -0.05) is 43.7 Å². The van der Waals surface area contributed by atoms with Crippen molar-refractivity contribution in [3.8, 4) is 5.75 Å². The van der Waals surface area contributed by atoms with Crippen molar-refractivity contribution in [3.63, 3.8) is 0 Å². The number of hydrogen-bond acceptors (Lipinski definition) is 3. The first-order valence-electron chi connectivity index (χ1n) is 9.27. The molecule has 1 unspecified atom stereocenters. The van der Waals surface area contributed by atoms with Crippen LogP contribution in [0.1, 0.15) is 49.0 Å². The van der Waals surface area contributed by atoms with E-state index >= 15 is 0 Å². The van der Waals surface area contributed by atoms with Crippen molar-refractivity contribution in [2.24, 2.45) is 0 Å². The molecule has 2 N–H and O–H groups in total. The van der Waals surface area contributed by atoms with Gasteiger partial charge in [0.05, 0.1) is 12.2 Å². The average molecular weight is 355 g/mol. The van der Waals surface area contributed by atoms with Gasteiger partial charge in [-0.05, 0) is 56.0 Å². The average Bonchev–Trinajstić information content (AvgIpc) is 2.66. The molecule has 4 heteroatoms. The van der Waals surface area contributed by atoms with Gasteiger partial charge in [-0.15, -0.1) is 0 Å². The fourth-order valence-electron chi connectivity index (χ4n) is 2.56. The van der Waals surface area contributed by atoms with Crippen molar-refractivity contribution in [1.82, 2.24) is 5.32 Å². The zero-order valence-electron chi connectivity index (χ0n) is 15.7. The molecule has 4 nitrogen and oxygen atoms in total. The van der Waals surface area contributed by atoms with E-state index in [4.69, 9.17) is 4.74 Å². The molecule has 0 heterocycles. The number of carbonyl (C=O) groups is 1. The van der Waals surface area contributed by atoms with Crippen LogP contribution in [0, 0.1) is 0 Å². The topological polar surface area (TPSA) is 58.6 Å². The second-order valence-corrected chi connectivity index (χ2v) is 6.89. The molecule has 0 bridgehead atoms. The summed E-state index contributed by atoms with van der Waals surface area (Å²) in [6.07, 6.45) is 3.46. The Morgan fingerprint density at radius 1 is 1.12 bits per heavy atom. The van der Waals surface area contributed by atoms with Gasteiger partial charge in [0.2, 0.25) is 0 Å². The highest BCUT2D eigenvalue weighted by atomic mass is 16.5. The number of ether oxygens (including phenoxy) is 1. The Hall–Kier alpha value is -2.33. The Morgan fingerprint density at radius 3 is 2.46 bits per heavy atom. The molecule has 140 valence electrons. The van der Waals surface area contributed by atoms with E-state index in [9.17, 15) is 9.90 Å². The van der Waals surface area contributed by atoms with Gasteiger partial charge in [-0.25, -0.2) is 0 Å². The Kier molecular flexibility index (Phi) is 7.67. The molecule has 2 aromatic carbocycles. The van der Waals surface area contributed by atoms with Crippen LogP contribution in [-0.4, -0.2) is 29.8 Å². The SMILES string of the molecule is CCCCOc1ccc(C(=O)NCC(C)(O)CCc2ccccc2)cc1. The van der Waals surface area contributed by atoms with Gasteiger partial charge in [-0.3, -0.25) is 4.79 Å². The monoisotopic (exact) mass is 355 g/mol. The van der Waals surface area contributed by atoms with Gasteiger partial charge >= 0.3 is 0 Å². The number of amides is 1. The predicted molar refractivity (Wildman–Crippen MR) is 105 cm³/mol. The quantitative estimate of drug-likeness (QED) is 0.634. The van der Waals surface area contributed by atoms with Crippen molar-refractivity contribution >= 4 is 5.91 Å². The fraction of sp³-hybridized carbons (Fsp3) is 0.409. The highest BCUT2D eigenvalue weighted by molar-refractivity contribution is 5.94. The molecule has 0 saturated carbocycles. The maximum atomic E-state index is 12.3. The molecule has 0 aliphatic carbocycles. The third kappa shape index (κ3) is 6.89. The van der Waals surface area contributed by atoms with E-state index in [1.807, 2.05) is 30.3 Å². The molecular weight excluding hydrogens is 326 g/mol. The summed E-state index contributed by atoms with van der Waals surface area (Å²) < 4.78 is 5.60. The van der Waals surface area contributed by atoms with Crippen LogP contribution in [0.25, 0.3) is 0 Å². The van der Waals surface area contributed by atoms with Gasteiger partial charge in [0, 0.05) is 12.1 Å².